The summed E-state index contributed by atoms with van der Waals surface area (Å²) in [5, 5.41) is 3.17. The minimum absolute atomic E-state index is 0.0888. The number of nitrogens with zero attached hydrogens (tertiary/aromatic N) is 2. The van der Waals surface area contributed by atoms with Crippen molar-refractivity contribution in [2.24, 2.45) is 5.73 Å². The molecule has 2 amide bonds. The van der Waals surface area contributed by atoms with Crippen LogP contribution in [0.4, 0.5) is 0 Å². The van der Waals surface area contributed by atoms with Crippen LogP contribution in [0.1, 0.15) is 41.9 Å². The summed E-state index contributed by atoms with van der Waals surface area (Å²) in [6.45, 7) is 16.6. The smallest absolute Gasteiger partial charge is 0.260 e. The normalized spacial score (nSPS) is 13.9. The first kappa shape index (κ1) is 38.7. The molecule has 0 saturated heterocycles. The van der Waals surface area contributed by atoms with Crippen LogP contribution < -0.4 is 15.8 Å². The second-order valence-electron chi connectivity index (χ2n) is 14.1. The number of carbonyl (C=O) groups excluding carboxylic acids is 2. The van der Waals surface area contributed by atoms with Crippen LogP contribution in [0.15, 0.2) is 72.8 Å². The molecular formula is C36H50IN5O5Si2. The molecule has 0 aliphatic carbocycles. The van der Waals surface area contributed by atoms with Crippen molar-refractivity contribution in [3.05, 3.63) is 93.3 Å². The Labute approximate surface area is 305 Å². The summed E-state index contributed by atoms with van der Waals surface area (Å²) < 4.78 is 19.0. The average Bonchev–Trinajstić information content (AvgIpc) is 3.47. The van der Waals surface area contributed by atoms with Crippen molar-refractivity contribution in [1.82, 2.24) is 20.2 Å². The van der Waals surface area contributed by atoms with Gasteiger partial charge in [0.2, 0.25) is 5.91 Å². The lowest BCUT2D eigenvalue weighted by atomic mass is 9.92. The number of benzene rings is 3. The molecule has 0 fully saturated rings. The second-order valence-corrected chi connectivity index (χ2v) is 24.4. The molecule has 4 N–H and O–H groups in total. The zero-order valence-electron chi connectivity index (χ0n) is 29.6. The van der Waals surface area contributed by atoms with E-state index in [-0.39, 0.29) is 24.3 Å². The fourth-order valence-electron chi connectivity index (χ4n) is 5.22. The zero-order chi connectivity index (χ0) is 35.8. The number of rotatable bonds is 17. The van der Waals surface area contributed by atoms with E-state index in [4.69, 9.17) is 24.3 Å². The minimum atomic E-state index is -1.71. The van der Waals surface area contributed by atoms with Crippen LogP contribution >= 0.6 is 22.6 Å². The molecule has 0 radical (unpaired) electrons. The van der Waals surface area contributed by atoms with Crippen molar-refractivity contribution >= 4 is 62.1 Å². The number of aromatic nitrogens is 2. The maximum atomic E-state index is 13.6. The Hall–Kier alpha value is -3.09. The molecule has 0 spiro atoms. The van der Waals surface area contributed by atoms with Crippen LogP contribution in [0.3, 0.4) is 0 Å². The van der Waals surface area contributed by atoms with E-state index in [1.807, 2.05) is 48.5 Å². The van der Waals surface area contributed by atoms with Crippen molar-refractivity contribution in [1.29, 1.82) is 0 Å². The summed E-state index contributed by atoms with van der Waals surface area (Å²) in [7, 11) is -3.42. The number of hydrogen-bond donors (Lipinski definition) is 3. The van der Waals surface area contributed by atoms with Gasteiger partial charge in [0.25, 0.3) is 5.91 Å². The van der Waals surface area contributed by atoms with E-state index in [9.17, 15) is 9.59 Å². The van der Waals surface area contributed by atoms with Crippen molar-refractivity contribution in [2.75, 3.05) is 32.9 Å². The Morgan fingerprint density at radius 1 is 0.898 bits per heavy atom. The van der Waals surface area contributed by atoms with Crippen molar-refractivity contribution in [3.63, 3.8) is 0 Å². The van der Waals surface area contributed by atoms with Gasteiger partial charge in [-0.2, -0.15) is 0 Å². The van der Waals surface area contributed by atoms with Crippen molar-refractivity contribution in [3.8, 4) is 5.75 Å². The van der Waals surface area contributed by atoms with Crippen LogP contribution in [-0.2, 0) is 18.4 Å². The number of fused-ring (bicyclic) bond motifs is 1. The van der Waals surface area contributed by atoms with Gasteiger partial charge in [0.05, 0.1) is 30.3 Å². The molecule has 264 valence electrons. The highest BCUT2D eigenvalue weighted by Crippen LogP contribution is 2.31. The van der Waals surface area contributed by atoms with Gasteiger partial charge in [-0.05, 0) is 103 Å². The standard InChI is InChI=1S/C36H50IN5O5Si2/c1-25(26-11-9-8-10-12-26)34(35-39-30-18-15-28(37)23-31(30)40-35)41-36(44)33(38)27-13-16-29(17-14-27)45-24-32(43)42(19-21-46-48(2,3)4)20-22-47-49(5,6)7/h8-18,23,25,33-34H,19-22,24,38H2,1-7H3,(H,39,40)(H,41,44)/t25-,33-,34+/m1/s1. The molecule has 3 aromatic carbocycles. The molecule has 4 aromatic rings. The van der Waals surface area contributed by atoms with Crippen LogP contribution in [-0.4, -0.2) is 76.2 Å². The van der Waals surface area contributed by atoms with Crippen molar-refractivity contribution < 1.29 is 23.2 Å². The first-order chi connectivity index (χ1) is 23.1. The monoisotopic (exact) mass is 815 g/mol. The Bertz CT molecular complexity index is 1660. The Kier molecular flexibility index (Phi) is 13.6. The first-order valence-corrected chi connectivity index (χ1v) is 24.5. The van der Waals surface area contributed by atoms with E-state index >= 15 is 0 Å². The van der Waals surface area contributed by atoms with E-state index in [2.05, 4.69) is 79.1 Å². The van der Waals surface area contributed by atoms with E-state index < -0.39 is 28.7 Å². The minimum Gasteiger partial charge on any atom is -0.484 e. The quantitative estimate of drug-likeness (QED) is 0.0796. The number of H-pyrrole nitrogens is 1. The van der Waals surface area contributed by atoms with Gasteiger partial charge < -0.3 is 34.5 Å². The maximum Gasteiger partial charge on any atom is 0.260 e. The van der Waals surface area contributed by atoms with Gasteiger partial charge in [-0.3, -0.25) is 9.59 Å². The summed E-state index contributed by atoms with van der Waals surface area (Å²) in [5.74, 6) is 0.610. The fraction of sp³-hybridized carbons (Fsp3) is 0.417. The SMILES string of the molecule is C[C@H](c1ccccc1)[C@H](NC(=O)[C@H](N)c1ccc(OCC(=O)N(CCO[Si](C)(C)C)CCO[Si](C)(C)C)cc1)c1nc2ccc(I)cc2[nH]1. The van der Waals surface area contributed by atoms with E-state index in [1.54, 1.807) is 29.2 Å². The van der Waals surface area contributed by atoms with E-state index in [0.717, 1.165) is 20.2 Å². The number of nitrogens with one attached hydrogen (secondary N) is 2. The van der Waals surface area contributed by atoms with Gasteiger partial charge in [-0.15, -0.1) is 0 Å². The number of amides is 2. The maximum absolute atomic E-state index is 13.6. The number of carbonyl (C=O) groups is 2. The zero-order valence-corrected chi connectivity index (χ0v) is 33.7. The number of nitrogens with two attached hydrogens (primary N) is 1. The van der Waals surface area contributed by atoms with Crippen LogP contribution in [0, 0.1) is 3.57 Å². The van der Waals surface area contributed by atoms with E-state index in [1.165, 1.54) is 0 Å². The average molecular weight is 816 g/mol. The molecule has 1 aromatic heterocycles. The summed E-state index contributed by atoms with van der Waals surface area (Å²) in [5.41, 5.74) is 9.92. The molecule has 0 saturated carbocycles. The summed E-state index contributed by atoms with van der Waals surface area (Å²) in [4.78, 5) is 36.8. The third-order valence-electron chi connectivity index (χ3n) is 7.91. The summed E-state index contributed by atoms with van der Waals surface area (Å²) in [6.07, 6.45) is 0. The van der Waals surface area contributed by atoms with Gasteiger partial charge in [0, 0.05) is 22.6 Å². The molecule has 3 atom stereocenters. The van der Waals surface area contributed by atoms with Gasteiger partial charge in [-0.1, -0.05) is 49.4 Å². The lowest BCUT2D eigenvalue weighted by Gasteiger charge is -2.27. The molecule has 4 rings (SSSR count). The number of hydrogen-bond acceptors (Lipinski definition) is 7. The number of ether oxygens (including phenoxy) is 1. The molecule has 0 aliphatic heterocycles. The lowest BCUT2D eigenvalue weighted by molar-refractivity contribution is -0.134. The summed E-state index contributed by atoms with van der Waals surface area (Å²) >= 11 is 2.27. The first-order valence-electron chi connectivity index (χ1n) is 16.6. The molecule has 1 heterocycles. The van der Waals surface area contributed by atoms with Crippen LogP contribution in [0.5, 0.6) is 5.75 Å². The third kappa shape index (κ3) is 12.0. The van der Waals surface area contributed by atoms with Gasteiger partial charge in [0.1, 0.15) is 17.6 Å². The molecule has 0 unspecified atom stereocenters. The predicted octanol–water partition coefficient (Wildman–Crippen LogP) is 6.74. The fourth-order valence-corrected chi connectivity index (χ4v) is 7.11. The second kappa shape index (κ2) is 17.2. The van der Waals surface area contributed by atoms with Gasteiger partial charge in [0.15, 0.2) is 23.2 Å². The molecule has 0 aliphatic rings. The summed E-state index contributed by atoms with van der Waals surface area (Å²) in [6, 6.07) is 21.6. The molecule has 0 bridgehead atoms. The molecule has 13 heteroatoms. The largest absolute Gasteiger partial charge is 0.484 e. The highest BCUT2D eigenvalue weighted by atomic mass is 127. The van der Waals surface area contributed by atoms with Crippen LogP contribution in [0.2, 0.25) is 39.3 Å². The molecule has 49 heavy (non-hydrogen) atoms. The Morgan fingerprint density at radius 2 is 1.51 bits per heavy atom. The van der Waals surface area contributed by atoms with Gasteiger partial charge >= 0.3 is 0 Å². The number of imidazole rings is 1. The Balaban J connectivity index is 1.41. The van der Waals surface area contributed by atoms with E-state index in [0.29, 0.717) is 43.4 Å². The number of halogens is 1. The predicted molar refractivity (Wildman–Crippen MR) is 209 cm³/mol. The highest BCUT2D eigenvalue weighted by molar-refractivity contribution is 14.1. The molecule has 10 nitrogen and oxygen atoms in total. The lowest BCUT2D eigenvalue weighted by Crippen LogP contribution is -2.42. The Morgan fingerprint density at radius 3 is 2.10 bits per heavy atom. The van der Waals surface area contributed by atoms with Crippen LogP contribution in [0.25, 0.3) is 11.0 Å². The van der Waals surface area contributed by atoms with Gasteiger partial charge in [-0.25, -0.2) is 4.98 Å². The topological polar surface area (TPSA) is 132 Å². The van der Waals surface area contributed by atoms with Crippen molar-refractivity contribution in [2.45, 2.75) is 64.2 Å². The molecular weight excluding hydrogens is 766 g/mol. The number of aromatic amines is 1. The third-order valence-corrected chi connectivity index (χ3v) is 10.7. The highest BCUT2D eigenvalue weighted by Gasteiger charge is 2.29.